The fourth-order valence-electron chi connectivity index (χ4n) is 2.80. The molecule has 2 aromatic rings. The van der Waals surface area contributed by atoms with E-state index in [9.17, 15) is 0 Å². The fraction of sp³-hybridized carbons (Fsp3) is 0.467. The van der Waals surface area contributed by atoms with Crippen LogP contribution in [0.25, 0.3) is 0 Å². The van der Waals surface area contributed by atoms with Crippen molar-refractivity contribution in [3.8, 4) is 0 Å². The molecule has 106 valence electrons. The van der Waals surface area contributed by atoms with Crippen LogP contribution in [0, 0.1) is 0 Å². The zero-order valence-electron chi connectivity index (χ0n) is 11.6. The molecule has 0 unspecified atom stereocenters. The van der Waals surface area contributed by atoms with E-state index in [1.807, 2.05) is 4.68 Å². The van der Waals surface area contributed by atoms with Crippen LogP contribution in [0.1, 0.15) is 24.7 Å². The second-order valence-electron chi connectivity index (χ2n) is 5.47. The first-order valence-corrected chi connectivity index (χ1v) is 7.86. The Hall–Kier alpha value is -1.20. The summed E-state index contributed by atoms with van der Waals surface area (Å²) in [6.07, 6.45) is 3.70. The summed E-state index contributed by atoms with van der Waals surface area (Å²) in [7, 11) is 0. The molecule has 3 rings (SSSR count). The summed E-state index contributed by atoms with van der Waals surface area (Å²) < 4.78 is 3.18. The average molecular weight is 335 g/mol. The predicted octanol–water partition coefficient (Wildman–Crippen LogP) is 2.53. The van der Waals surface area contributed by atoms with E-state index in [0.717, 1.165) is 42.8 Å². The Morgan fingerprint density at radius 1 is 1.40 bits per heavy atom. The highest BCUT2D eigenvalue weighted by Gasteiger charge is 2.40. The van der Waals surface area contributed by atoms with Gasteiger partial charge >= 0.3 is 0 Å². The highest BCUT2D eigenvalue weighted by Crippen LogP contribution is 2.33. The van der Waals surface area contributed by atoms with Crippen LogP contribution in [0.2, 0.25) is 0 Å². The van der Waals surface area contributed by atoms with E-state index in [0.29, 0.717) is 0 Å². The molecule has 1 aromatic carbocycles. The summed E-state index contributed by atoms with van der Waals surface area (Å²) in [6, 6.07) is 8.62. The molecule has 0 aliphatic carbocycles. The van der Waals surface area contributed by atoms with Crippen molar-refractivity contribution in [2.75, 3.05) is 13.1 Å². The van der Waals surface area contributed by atoms with Gasteiger partial charge in [-0.1, -0.05) is 35.0 Å². The van der Waals surface area contributed by atoms with Gasteiger partial charge < -0.3 is 5.32 Å². The molecular formula is C15H19BrN4. The number of hydrogen-bond acceptors (Lipinski definition) is 3. The number of aryl methyl sites for hydroxylation is 1. The van der Waals surface area contributed by atoms with E-state index in [-0.39, 0.29) is 5.41 Å². The van der Waals surface area contributed by atoms with Crippen LogP contribution in [0.15, 0.2) is 35.1 Å². The lowest BCUT2D eigenvalue weighted by Crippen LogP contribution is -2.58. The smallest absolute Gasteiger partial charge is 0.138 e. The summed E-state index contributed by atoms with van der Waals surface area (Å²) >= 11 is 3.57. The Kier molecular flexibility index (Phi) is 3.89. The van der Waals surface area contributed by atoms with Gasteiger partial charge in [-0.2, -0.15) is 5.10 Å². The van der Waals surface area contributed by atoms with E-state index >= 15 is 0 Å². The van der Waals surface area contributed by atoms with Crippen molar-refractivity contribution in [1.29, 1.82) is 0 Å². The van der Waals surface area contributed by atoms with Gasteiger partial charge in [0.15, 0.2) is 0 Å². The molecule has 0 spiro atoms. The lowest BCUT2D eigenvalue weighted by molar-refractivity contribution is 0.266. The Labute approximate surface area is 127 Å². The largest absolute Gasteiger partial charge is 0.315 e. The van der Waals surface area contributed by atoms with E-state index in [1.165, 1.54) is 5.56 Å². The second-order valence-corrected chi connectivity index (χ2v) is 6.39. The van der Waals surface area contributed by atoms with E-state index in [1.54, 1.807) is 6.33 Å². The van der Waals surface area contributed by atoms with Gasteiger partial charge in [0.05, 0.1) is 0 Å². The minimum Gasteiger partial charge on any atom is -0.315 e. The van der Waals surface area contributed by atoms with E-state index in [2.05, 4.69) is 62.5 Å². The lowest BCUT2D eigenvalue weighted by atomic mass is 9.72. The maximum Gasteiger partial charge on any atom is 0.138 e. The first kappa shape index (κ1) is 13.8. The van der Waals surface area contributed by atoms with Crippen molar-refractivity contribution >= 4 is 15.9 Å². The van der Waals surface area contributed by atoms with Crippen LogP contribution in [-0.4, -0.2) is 27.9 Å². The third-order valence-corrected chi connectivity index (χ3v) is 4.48. The van der Waals surface area contributed by atoms with E-state index < -0.39 is 0 Å². The first-order chi connectivity index (χ1) is 9.73. The number of aromatic nitrogens is 3. The Morgan fingerprint density at radius 3 is 2.90 bits per heavy atom. The van der Waals surface area contributed by atoms with Crippen molar-refractivity contribution in [2.45, 2.75) is 31.7 Å². The van der Waals surface area contributed by atoms with Gasteiger partial charge in [-0.15, -0.1) is 0 Å². The molecule has 1 aromatic heterocycles. The quantitative estimate of drug-likeness (QED) is 0.913. The number of halogens is 1. The van der Waals surface area contributed by atoms with Gasteiger partial charge in [0.25, 0.3) is 0 Å². The molecule has 1 aliphatic rings. The standard InChI is InChI=1S/C15H19BrN4/c1-2-6-20-14(18-11-19-20)8-15(9-17-10-15)12-4-3-5-13(16)7-12/h3-5,7,11,17H,2,6,8-10H2,1H3. The molecule has 0 atom stereocenters. The molecule has 5 heteroatoms. The van der Waals surface area contributed by atoms with Gasteiger partial charge in [-0.3, -0.25) is 4.68 Å². The van der Waals surface area contributed by atoms with Crippen molar-refractivity contribution in [1.82, 2.24) is 20.1 Å². The second kappa shape index (κ2) is 5.66. The topological polar surface area (TPSA) is 42.7 Å². The Balaban J connectivity index is 1.88. The van der Waals surface area contributed by atoms with Crippen molar-refractivity contribution < 1.29 is 0 Å². The normalized spacial score (nSPS) is 16.9. The molecule has 0 amide bonds. The molecule has 1 N–H and O–H groups in total. The molecule has 1 fully saturated rings. The summed E-state index contributed by atoms with van der Waals surface area (Å²) in [5.74, 6) is 1.09. The lowest BCUT2D eigenvalue weighted by Gasteiger charge is -2.43. The van der Waals surface area contributed by atoms with Crippen LogP contribution in [0.4, 0.5) is 0 Å². The van der Waals surface area contributed by atoms with Gasteiger partial charge in [0, 0.05) is 35.9 Å². The summed E-state index contributed by atoms with van der Waals surface area (Å²) in [4.78, 5) is 4.46. The molecule has 0 saturated carbocycles. The SMILES string of the molecule is CCCn1ncnc1CC1(c2cccc(Br)c2)CNC1. The molecule has 2 heterocycles. The van der Waals surface area contributed by atoms with Gasteiger partial charge in [0.1, 0.15) is 12.2 Å². The number of hydrogen-bond donors (Lipinski definition) is 1. The average Bonchev–Trinajstić information content (AvgIpc) is 2.81. The van der Waals surface area contributed by atoms with Crippen molar-refractivity contribution in [2.24, 2.45) is 0 Å². The number of nitrogens with zero attached hydrogens (tertiary/aromatic N) is 3. The Morgan fingerprint density at radius 2 is 2.25 bits per heavy atom. The highest BCUT2D eigenvalue weighted by molar-refractivity contribution is 9.10. The molecule has 0 bridgehead atoms. The first-order valence-electron chi connectivity index (χ1n) is 7.07. The fourth-order valence-corrected chi connectivity index (χ4v) is 3.20. The zero-order chi connectivity index (χ0) is 14.0. The van der Waals surface area contributed by atoms with Crippen molar-refractivity contribution in [3.63, 3.8) is 0 Å². The van der Waals surface area contributed by atoms with Gasteiger partial charge in [-0.05, 0) is 24.1 Å². The third-order valence-electron chi connectivity index (χ3n) is 3.99. The zero-order valence-corrected chi connectivity index (χ0v) is 13.2. The number of nitrogens with one attached hydrogen (secondary N) is 1. The molecule has 20 heavy (non-hydrogen) atoms. The number of benzene rings is 1. The van der Waals surface area contributed by atoms with Crippen LogP contribution in [0.5, 0.6) is 0 Å². The summed E-state index contributed by atoms with van der Waals surface area (Å²) in [5, 5.41) is 7.75. The highest BCUT2D eigenvalue weighted by atomic mass is 79.9. The van der Waals surface area contributed by atoms with Crippen LogP contribution >= 0.6 is 15.9 Å². The maximum absolute atomic E-state index is 4.46. The number of rotatable bonds is 5. The van der Waals surface area contributed by atoms with Crippen LogP contribution in [0.3, 0.4) is 0 Å². The monoisotopic (exact) mass is 334 g/mol. The minimum atomic E-state index is 0.155. The minimum absolute atomic E-state index is 0.155. The van der Waals surface area contributed by atoms with Crippen LogP contribution < -0.4 is 5.32 Å². The summed E-state index contributed by atoms with van der Waals surface area (Å²) in [6.45, 7) is 5.11. The van der Waals surface area contributed by atoms with Gasteiger partial charge in [-0.25, -0.2) is 4.98 Å². The van der Waals surface area contributed by atoms with Gasteiger partial charge in [0.2, 0.25) is 0 Å². The molecule has 1 saturated heterocycles. The predicted molar refractivity (Wildman–Crippen MR) is 82.7 cm³/mol. The molecule has 4 nitrogen and oxygen atoms in total. The molecule has 1 aliphatic heterocycles. The summed E-state index contributed by atoms with van der Waals surface area (Å²) in [5.41, 5.74) is 1.53. The third kappa shape index (κ3) is 2.52. The molecular weight excluding hydrogens is 316 g/mol. The van der Waals surface area contributed by atoms with Crippen molar-refractivity contribution in [3.05, 3.63) is 46.5 Å². The Bertz CT molecular complexity index is 589. The van der Waals surface area contributed by atoms with E-state index in [4.69, 9.17) is 0 Å². The maximum atomic E-state index is 4.46. The molecule has 0 radical (unpaired) electrons. The van der Waals surface area contributed by atoms with Crippen LogP contribution in [-0.2, 0) is 18.4 Å².